The van der Waals surface area contributed by atoms with Gasteiger partial charge in [-0.15, -0.1) is 0 Å². The summed E-state index contributed by atoms with van der Waals surface area (Å²) in [5.74, 6) is -0.256. The standard InChI is InChI=1S/C19H19NO3.C2H6.CH4/c1-12(2)16-8-17(18(22)7-15(16)11-21)19(23)20-9-13-5-3-4-6-14(13)10-20;1-2;/h3-8,11-12,22H,9-10H2,1-2H3;1-2H3;1H4. The number of benzene rings is 2. The number of fused-ring (bicyclic) bond motifs is 1. The van der Waals surface area contributed by atoms with Crippen LogP contribution in [0.4, 0.5) is 0 Å². The van der Waals surface area contributed by atoms with Crippen molar-refractivity contribution < 1.29 is 14.7 Å². The van der Waals surface area contributed by atoms with Crippen LogP contribution in [0.3, 0.4) is 0 Å². The zero-order chi connectivity index (χ0) is 18.6. The van der Waals surface area contributed by atoms with Gasteiger partial charge < -0.3 is 10.0 Å². The Morgan fingerprint density at radius 2 is 1.65 bits per heavy atom. The lowest BCUT2D eigenvalue weighted by atomic mass is 9.94. The van der Waals surface area contributed by atoms with E-state index in [9.17, 15) is 14.7 Å². The van der Waals surface area contributed by atoms with E-state index in [1.807, 2.05) is 52.0 Å². The molecule has 26 heavy (non-hydrogen) atoms. The number of carbonyl (C=O) groups is 2. The number of nitrogens with zero attached hydrogens (tertiary/aromatic N) is 1. The number of phenols is 1. The molecule has 0 atom stereocenters. The molecule has 0 aliphatic carbocycles. The van der Waals surface area contributed by atoms with Crippen LogP contribution in [0.2, 0.25) is 0 Å². The van der Waals surface area contributed by atoms with Gasteiger partial charge >= 0.3 is 0 Å². The Morgan fingerprint density at radius 3 is 2.12 bits per heavy atom. The third-order valence-corrected chi connectivity index (χ3v) is 4.31. The fraction of sp³-hybridized carbons (Fsp3) is 0.364. The lowest BCUT2D eigenvalue weighted by Gasteiger charge is -2.18. The second kappa shape index (κ2) is 9.18. The number of aromatic hydroxyl groups is 1. The zero-order valence-corrected chi connectivity index (χ0v) is 15.2. The number of phenolic OH excluding ortho intramolecular Hbond substituents is 1. The van der Waals surface area contributed by atoms with Crippen molar-refractivity contribution in [3.05, 3.63) is 64.2 Å². The van der Waals surface area contributed by atoms with Crippen LogP contribution < -0.4 is 0 Å². The molecule has 4 nitrogen and oxygen atoms in total. The van der Waals surface area contributed by atoms with Gasteiger partial charge in [-0.1, -0.05) is 59.4 Å². The third kappa shape index (κ3) is 4.13. The van der Waals surface area contributed by atoms with Gasteiger partial charge in [0, 0.05) is 18.7 Å². The Kier molecular flexibility index (Phi) is 7.56. The van der Waals surface area contributed by atoms with Gasteiger partial charge in [0.1, 0.15) is 12.0 Å². The van der Waals surface area contributed by atoms with Crippen molar-refractivity contribution in [2.75, 3.05) is 0 Å². The van der Waals surface area contributed by atoms with E-state index in [0.29, 0.717) is 18.7 Å². The first-order valence-electron chi connectivity index (χ1n) is 8.69. The summed E-state index contributed by atoms with van der Waals surface area (Å²) in [7, 11) is 0. The van der Waals surface area contributed by atoms with Crippen molar-refractivity contribution in [2.24, 2.45) is 0 Å². The van der Waals surface area contributed by atoms with E-state index in [-0.39, 0.29) is 30.6 Å². The van der Waals surface area contributed by atoms with Crippen molar-refractivity contribution >= 4 is 12.2 Å². The van der Waals surface area contributed by atoms with Gasteiger partial charge in [-0.25, -0.2) is 0 Å². The molecule has 140 valence electrons. The third-order valence-electron chi connectivity index (χ3n) is 4.31. The molecule has 2 aromatic carbocycles. The number of rotatable bonds is 3. The monoisotopic (exact) mass is 355 g/mol. The number of amides is 1. The maximum Gasteiger partial charge on any atom is 0.258 e. The first kappa shape index (κ1) is 21.4. The van der Waals surface area contributed by atoms with Gasteiger partial charge in [0.2, 0.25) is 0 Å². The van der Waals surface area contributed by atoms with Gasteiger partial charge in [-0.2, -0.15) is 0 Å². The van der Waals surface area contributed by atoms with Gasteiger partial charge in [-0.05, 0) is 34.7 Å². The van der Waals surface area contributed by atoms with E-state index in [0.717, 1.165) is 23.0 Å². The number of hydrogen-bond acceptors (Lipinski definition) is 3. The highest BCUT2D eigenvalue weighted by atomic mass is 16.3. The molecule has 2 aromatic rings. The molecule has 0 aromatic heterocycles. The summed E-state index contributed by atoms with van der Waals surface area (Å²) in [6, 6.07) is 11.0. The van der Waals surface area contributed by atoms with Crippen LogP contribution in [0.15, 0.2) is 36.4 Å². The highest BCUT2D eigenvalue weighted by Crippen LogP contribution is 2.30. The smallest absolute Gasteiger partial charge is 0.258 e. The van der Waals surface area contributed by atoms with Crippen molar-refractivity contribution in [3.8, 4) is 5.75 Å². The minimum Gasteiger partial charge on any atom is -0.507 e. The normalized spacial score (nSPS) is 12.0. The molecule has 3 rings (SSSR count). The molecule has 1 heterocycles. The molecule has 1 aliphatic heterocycles. The van der Waals surface area contributed by atoms with Crippen molar-refractivity contribution in [2.45, 2.75) is 54.1 Å². The molecule has 0 bridgehead atoms. The van der Waals surface area contributed by atoms with Gasteiger partial charge in [0.15, 0.2) is 0 Å². The quantitative estimate of drug-likeness (QED) is 0.775. The van der Waals surface area contributed by atoms with Crippen molar-refractivity contribution in [1.29, 1.82) is 0 Å². The van der Waals surface area contributed by atoms with E-state index in [4.69, 9.17) is 0 Å². The van der Waals surface area contributed by atoms with Crippen LogP contribution in [0.25, 0.3) is 0 Å². The molecule has 0 fully saturated rings. The van der Waals surface area contributed by atoms with Gasteiger partial charge in [-0.3, -0.25) is 9.59 Å². The summed E-state index contributed by atoms with van der Waals surface area (Å²) in [5.41, 5.74) is 3.73. The summed E-state index contributed by atoms with van der Waals surface area (Å²) in [5, 5.41) is 10.2. The topological polar surface area (TPSA) is 57.6 Å². The highest BCUT2D eigenvalue weighted by Gasteiger charge is 2.26. The Hall–Kier alpha value is -2.62. The van der Waals surface area contributed by atoms with E-state index in [2.05, 4.69) is 0 Å². The largest absolute Gasteiger partial charge is 0.507 e. The fourth-order valence-electron chi connectivity index (χ4n) is 3.04. The molecule has 4 heteroatoms. The Balaban J connectivity index is 0.00000109. The lowest BCUT2D eigenvalue weighted by molar-refractivity contribution is 0.0748. The number of hydrogen-bond donors (Lipinski definition) is 1. The molecular weight excluding hydrogens is 326 g/mol. The van der Waals surface area contributed by atoms with E-state index < -0.39 is 0 Å². The Morgan fingerprint density at radius 1 is 1.12 bits per heavy atom. The average molecular weight is 355 g/mol. The second-order valence-electron chi connectivity index (χ2n) is 6.20. The maximum atomic E-state index is 12.8. The minimum atomic E-state index is -0.210. The highest BCUT2D eigenvalue weighted by molar-refractivity contribution is 5.98. The molecule has 0 spiro atoms. The van der Waals surface area contributed by atoms with Crippen LogP contribution in [0, 0.1) is 0 Å². The van der Waals surface area contributed by atoms with Crippen LogP contribution in [-0.2, 0) is 13.1 Å². The summed E-state index contributed by atoms with van der Waals surface area (Å²) in [6.07, 6.45) is 0.717. The molecule has 0 unspecified atom stereocenters. The molecule has 0 saturated heterocycles. The molecule has 0 saturated carbocycles. The van der Waals surface area contributed by atoms with E-state index in [1.54, 1.807) is 11.0 Å². The van der Waals surface area contributed by atoms with Crippen LogP contribution in [-0.4, -0.2) is 22.2 Å². The average Bonchev–Trinajstić information content (AvgIpc) is 3.06. The van der Waals surface area contributed by atoms with Gasteiger partial charge in [0.05, 0.1) is 5.56 Å². The second-order valence-corrected chi connectivity index (χ2v) is 6.20. The van der Waals surface area contributed by atoms with Crippen LogP contribution in [0.5, 0.6) is 5.75 Å². The number of aldehydes is 1. The van der Waals surface area contributed by atoms with E-state index in [1.165, 1.54) is 6.07 Å². The van der Waals surface area contributed by atoms with Crippen LogP contribution in [0.1, 0.15) is 78.4 Å². The molecule has 1 amide bonds. The molecule has 1 N–H and O–H groups in total. The predicted molar refractivity (Wildman–Crippen MR) is 106 cm³/mol. The zero-order valence-electron chi connectivity index (χ0n) is 15.2. The SMILES string of the molecule is C.CC.CC(C)c1cc(C(=O)N2Cc3ccccc3C2)c(O)cc1C=O. The van der Waals surface area contributed by atoms with Crippen LogP contribution >= 0.6 is 0 Å². The Labute approximate surface area is 156 Å². The van der Waals surface area contributed by atoms with Gasteiger partial charge in [0.25, 0.3) is 5.91 Å². The number of carbonyl (C=O) groups excluding carboxylic acids is 2. The lowest BCUT2D eigenvalue weighted by Crippen LogP contribution is -2.25. The first-order chi connectivity index (χ1) is 12.0. The van der Waals surface area contributed by atoms with Crippen molar-refractivity contribution in [3.63, 3.8) is 0 Å². The maximum absolute atomic E-state index is 12.8. The molecular formula is C22H29NO3. The summed E-state index contributed by atoms with van der Waals surface area (Å²) >= 11 is 0. The van der Waals surface area contributed by atoms with Crippen molar-refractivity contribution in [1.82, 2.24) is 4.90 Å². The first-order valence-corrected chi connectivity index (χ1v) is 8.69. The fourth-order valence-corrected chi connectivity index (χ4v) is 3.04. The Bertz CT molecular complexity index is 756. The summed E-state index contributed by atoms with van der Waals surface area (Å²) in [4.78, 5) is 25.7. The minimum absolute atomic E-state index is 0. The molecule has 0 radical (unpaired) electrons. The molecule has 1 aliphatic rings. The summed E-state index contributed by atoms with van der Waals surface area (Å²) < 4.78 is 0. The van der Waals surface area contributed by atoms with E-state index >= 15 is 0 Å². The predicted octanol–water partition coefficient (Wildman–Crippen LogP) is 5.15. The summed E-state index contributed by atoms with van der Waals surface area (Å²) in [6.45, 7) is 9.00.